The van der Waals surface area contributed by atoms with Crippen LogP contribution in [-0.4, -0.2) is 17.2 Å². The zero-order valence-corrected chi connectivity index (χ0v) is 10.5. The highest BCUT2D eigenvalue weighted by Crippen LogP contribution is 2.20. The maximum Gasteiger partial charge on any atom is 0.492 e. The minimum Gasteiger partial charge on any atom is -0.456 e. The molecular weight excluding hydrogens is 255 g/mol. The van der Waals surface area contributed by atoms with E-state index in [2.05, 4.69) is 0 Å². The molecule has 1 heterocycles. The van der Waals surface area contributed by atoms with Crippen molar-refractivity contribution in [2.45, 2.75) is 0 Å². The molecule has 0 spiro atoms. The molecule has 0 unspecified atom stereocenters. The van der Waals surface area contributed by atoms with Crippen molar-refractivity contribution in [2.24, 2.45) is 0 Å². The molecule has 0 atom stereocenters. The number of fused-ring (bicyclic) bond motifs is 1. The molecule has 3 aromatic rings. The number of hydrogen-bond donors (Lipinski definition) is 2. The Hall–Kier alpha value is -2.37. The van der Waals surface area contributed by atoms with Crippen LogP contribution in [0.2, 0.25) is 0 Å². The minimum atomic E-state index is -1.69. The Bertz CT molecular complexity index is 809. The maximum absolute atomic E-state index is 12.1. The van der Waals surface area contributed by atoms with Crippen LogP contribution in [0.5, 0.6) is 0 Å². The molecule has 2 N–H and O–H groups in total. The van der Waals surface area contributed by atoms with E-state index in [-0.39, 0.29) is 16.5 Å². The lowest BCUT2D eigenvalue weighted by Crippen LogP contribution is -2.31. The van der Waals surface area contributed by atoms with Gasteiger partial charge in [0.15, 0.2) is 5.43 Å². The summed E-state index contributed by atoms with van der Waals surface area (Å²) in [7, 11) is -1.69. The van der Waals surface area contributed by atoms with E-state index in [4.69, 9.17) is 4.42 Å². The molecule has 4 nitrogen and oxygen atoms in total. The van der Waals surface area contributed by atoms with Gasteiger partial charge in [-0.25, -0.2) is 0 Å². The van der Waals surface area contributed by atoms with E-state index in [1.807, 2.05) is 30.3 Å². The van der Waals surface area contributed by atoms with Gasteiger partial charge in [-0.1, -0.05) is 42.5 Å². The highest BCUT2D eigenvalue weighted by Gasteiger charge is 2.18. The number of hydrogen-bond acceptors (Lipinski definition) is 4. The molecule has 20 heavy (non-hydrogen) atoms. The van der Waals surface area contributed by atoms with Gasteiger partial charge < -0.3 is 14.5 Å². The fourth-order valence-electron chi connectivity index (χ4n) is 2.15. The Labute approximate surface area is 115 Å². The van der Waals surface area contributed by atoms with Gasteiger partial charge in [-0.2, -0.15) is 0 Å². The van der Waals surface area contributed by atoms with E-state index in [1.54, 1.807) is 12.1 Å². The third kappa shape index (κ3) is 2.13. The molecule has 0 aliphatic rings. The Morgan fingerprint density at radius 1 is 0.950 bits per heavy atom. The van der Waals surface area contributed by atoms with Gasteiger partial charge in [0.2, 0.25) is 0 Å². The molecule has 0 aliphatic carbocycles. The molecule has 5 heteroatoms. The SMILES string of the molecule is O=c1cc(-c2ccccc2)oc2c(B(O)O)cccc12. The highest BCUT2D eigenvalue weighted by atomic mass is 16.4. The van der Waals surface area contributed by atoms with E-state index in [0.29, 0.717) is 11.1 Å². The van der Waals surface area contributed by atoms with Gasteiger partial charge in [0.05, 0.1) is 5.39 Å². The average Bonchev–Trinajstić information content (AvgIpc) is 2.47. The molecule has 0 aliphatic heterocycles. The van der Waals surface area contributed by atoms with Crippen molar-refractivity contribution >= 4 is 23.6 Å². The summed E-state index contributed by atoms with van der Waals surface area (Å²) in [5, 5.41) is 19.1. The standard InChI is InChI=1S/C15H11BO4/c17-13-9-14(10-5-2-1-3-6-10)20-15-11(13)7-4-8-12(15)16(18)19/h1-9,18-19H. The van der Waals surface area contributed by atoms with Crippen LogP contribution in [-0.2, 0) is 0 Å². The van der Waals surface area contributed by atoms with Crippen molar-refractivity contribution in [3.63, 3.8) is 0 Å². The Kier molecular flexibility index (Phi) is 3.14. The smallest absolute Gasteiger partial charge is 0.456 e. The summed E-state index contributed by atoms with van der Waals surface area (Å²) in [5.41, 5.74) is 0.924. The molecule has 0 saturated heterocycles. The van der Waals surface area contributed by atoms with Crippen LogP contribution in [0.15, 0.2) is 63.8 Å². The van der Waals surface area contributed by atoms with Crippen molar-refractivity contribution in [1.82, 2.24) is 0 Å². The molecule has 0 bridgehead atoms. The Balaban J connectivity index is 2.33. The van der Waals surface area contributed by atoms with Crippen LogP contribution in [0.25, 0.3) is 22.3 Å². The van der Waals surface area contributed by atoms with E-state index in [9.17, 15) is 14.8 Å². The van der Waals surface area contributed by atoms with Crippen molar-refractivity contribution < 1.29 is 14.5 Å². The van der Waals surface area contributed by atoms with Gasteiger partial charge in [0, 0.05) is 17.1 Å². The summed E-state index contributed by atoms with van der Waals surface area (Å²) in [6, 6.07) is 15.3. The molecule has 0 amide bonds. The largest absolute Gasteiger partial charge is 0.492 e. The Morgan fingerprint density at radius 2 is 1.70 bits per heavy atom. The second kappa shape index (κ2) is 4.96. The first-order chi connectivity index (χ1) is 9.66. The van der Waals surface area contributed by atoms with Crippen molar-refractivity contribution in [3.8, 4) is 11.3 Å². The number of para-hydroxylation sites is 1. The third-order valence-electron chi connectivity index (χ3n) is 3.12. The summed E-state index contributed by atoms with van der Waals surface area (Å²) in [6.07, 6.45) is 0. The number of benzene rings is 2. The lowest BCUT2D eigenvalue weighted by Gasteiger charge is -2.07. The fraction of sp³-hybridized carbons (Fsp3) is 0. The van der Waals surface area contributed by atoms with Gasteiger partial charge in [0.1, 0.15) is 11.3 Å². The van der Waals surface area contributed by atoms with Crippen molar-refractivity contribution in [3.05, 3.63) is 64.8 Å². The lowest BCUT2D eigenvalue weighted by molar-refractivity contribution is 0.425. The van der Waals surface area contributed by atoms with Crippen LogP contribution < -0.4 is 10.9 Å². The predicted molar refractivity (Wildman–Crippen MR) is 77.7 cm³/mol. The molecule has 2 aromatic carbocycles. The Morgan fingerprint density at radius 3 is 2.40 bits per heavy atom. The van der Waals surface area contributed by atoms with E-state index < -0.39 is 7.12 Å². The normalized spacial score (nSPS) is 10.7. The second-order valence-electron chi connectivity index (χ2n) is 4.44. The van der Waals surface area contributed by atoms with Crippen LogP contribution >= 0.6 is 0 Å². The third-order valence-corrected chi connectivity index (χ3v) is 3.12. The molecule has 1 aromatic heterocycles. The topological polar surface area (TPSA) is 70.7 Å². The van der Waals surface area contributed by atoms with Crippen LogP contribution in [0.4, 0.5) is 0 Å². The van der Waals surface area contributed by atoms with Crippen LogP contribution in [0, 0.1) is 0 Å². The van der Waals surface area contributed by atoms with Gasteiger partial charge >= 0.3 is 7.12 Å². The first-order valence-electron chi connectivity index (χ1n) is 6.15. The van der Waals surface area contributed by atoms with Gasteiger partial charge in [0.25, 0.3) is 0 Å². The van der Waals surface area contributed by atoms with Gasteiger partial charge in [-0.05, 0) is 6.07 Å². The summed E-state index contributed by atoms with van der Waals surface area (Å²) < 4.78 is 5.70. The summed E-state index contributed by atoms with van der Waals surface area (Å²) >= 11 is 0. The second-order valence-corrected chi connectivity index (χ2v) is 4.44. The molecule has 0 fully saturated rings. The molecule has 0 saturated carbocycles. The zero-order valence-electron chi connectivity index (χ0n) is 10.5. The fourth-order valence-corrected chi connectivity index (χ4v) is 2.15. The summed E-state index contributed by atoms with van der Waals surface area (Å²) in [5.74, 6) is 0.399. The van der Waals surface area contributed by atoms with E-state index >= 15 is 0 Å². The summed E-state index contributed by atoms with van der Waals surface area (Å²) in [6.45, 7) is 0. The van der Waals surface area contributed by atoms with Crippen molar-refractivity contribution in [2.75, 3.05) is 0 Å². The zero-order chi connectivity index (χ0) is 14.1. The van der Waals surface area contributed by atoms with E-state index in [1.165, 1.54) is 12.1 Å². The highest BCUT2D eigenvalue weighted by molar-refractivity contribution is 6.61. The number of rotatable bonds is 2. The molecule has 0 radical (unpaired) electrons. The quantitative estimate of drug-likeness (QED) is 0.682. The molecule has 98 valence electrons. The van der Waals surface area contributed by atoms with Gasteiger partial charge in [-0.15, -0.1) is 0 Å². The first-order valence-corrected chi connectivity index (χ1v) is 6.15. The lowest BCUT2D eigenvalue weighted by atomic mass is 9.79. The first kappa shape index (κ1) is 12.7. The van der Waals surface area contributed by atoms with Crippen LogP contribution in [0.3, 0.4) is 0 Å². The van der Waals surface area contributed by atoms with Crippen molar-refractivity contribution in [1.29, 1.82) is 0 Å². The van der Waals surface area contributed by atoms with Gasteiger partial charge in [-0.3, -0.25) is 4.79 Å². The predicted octanol–water partition coefficient (Wildman–Crippen LogP) is 1.14. The maximum atomic E-state index is 12.1. The average molecular weight is 266 g/mol. The molecule has 3 rings (SSSR count). The summed E-state index contributed by atoms with van der Waals surface area (Å²) in [4.78, 5) is 12.1. The monoisotopic (exact) mass is 266 g/mol. The minimum absolute atomic E-state index is 0.178. The van der Waals surface area contributed by atoms with E-state index in [0.717, 1.165) is 5.56 Å². The molecular formula is C15H11BO4. The van der Waals surface area contributed by atoms with Crippen LogP contribution in [0.1, 0.15) is 0 Å².